The molecule has 42 heavy (non-hydrogen) atoms. The molecule has 8 rings (SSSR count). The zero-order chi connectivity index (χ0) is 29.6. The van der Waals surface area contributed by atoms with Crippen molar-refractivity contribution < 1.29 is 24.2 Å². The van der Waals surface area contributed by atoms with Crippen LogP contribution in [0.15, 0.2) is 133 Å². The molecule has 0 unspecified atom stereocenters. The maximum absolute atomic E-state index is 3.48. The zero-order valence-corrected chi connectivity index (χ0v) is 26.8. The second-order valence-electron chi connectivity index (χ2n) is 9.85. The normalized spacial score (nSPS) is 11.4. The van der Waals surface area contributed by atoms with Crippen LogP contribution in [0.1, 0.15) is 28.7 Å². The third kappa shape index (κ3) is 8.09. The van der Waals surface area contributed by atoms with Gasteiger partial charge in [-0.15, -0.1) is 47.0 Å². The SMILES string of the molecule is Cc1cc[c-]cc1.Cc1cc[c-]cc1.[C-]1=CC=CC1.[CH2]=[Zr].[c-]1cccc2c1c1c(c3ccccc32)-c2ccccc2C1. The summed E-state index contributed by atoms with van der Waals surface area (Å²) in [5.41, 5.74) is 8.25. The van der Waals surface area contributed by atoms with Crippen molar-refractivity contribution in [3.63, 3.8) is 0 Å². The Bertz CT molecular complexity index is 1710. The van der Waals surface area contributed by atoms with Crippen LogP contribution in [0.25, 0.3) is 32.7 Å². The number of allylic oxidation sites excluding steroid dienone is 4. The van der Waals surface area contributed by atoms with Gasteiger partial charge in [-0.1, -0.05) is 67.8 Å². The van der Waals surface area contributed by atoms with Gasteiger partial charge in [-0.3, -0.25) is 6.08 Å². The van der Waals surface area contributed by atoms with Crippen LogP contribution in [0.4, 0.5) is 0 Å². The van der Waals surface area contributed by atoms with Gasteiger partial charge in [-0.05, 0) is 28.5 Å². The summed E-state index contributed by atoms with van der Waals surface area (Å²) in [7, 11) is 0. The largest absolute Gasteiger partial charge is 0.147 e. The number of hydrogen-bond acceptors (Lipinski definition) is 0. The number of aryl methyl sites for hydroxylation is 2. The van der Waals surface area contributed by atoms with Gasteiger partial charge in [0.05, 0.1) is 0 Å². The first-order valence-corrected chi connectivity index (χ1v) is 15.8. The first-order valence-electron chi connectivity index (χ1n) is 14.1. The standard InChI is InChI=1S/C21H13.2C7H7.C5H5.CH2.Zr/c1-2-8-15-14(7-1)13-20-18-11-4-3-9-16(18)17-10-5-6-12-19(17)21(15)20;2*1-7-5-3-2-4-6-7;1-2-4-5-3-1;;/h1-10,12H,13H2;2*3-6H,1H3;1-3H,4H2;1H2;/q4*-1;;. The van der Waals surface area contributed by atoms with Gasteiger partial charge in [-0.2, -0.15) is 77.9 Å². The van der Waals surface area contributed by atoms with E-state index in [-0.39, 0.29) is 0 Å². The first-order chi connectivity index (χ1) is 20.7. The minimum atomic E-state index is 1.01. The summed E-state index contributed by atoms with van der Waals surface area (Å²) in [6.45, 7) is 4.13. The molecule has 2 aliphatic carbocycles. The molecule has 2 aliphatic rings. The summed E-state index contributed by atoms with van der Waals surface area (Å²) in [6.07, 6.45) is 11.0. The predicted molar refractivity (Wildman–Crippen MR) is 177 cm³/mol. The molecule has 6 aromatic carbocycles. The van der Waals surface area contributed by atoms with Crippen LogP contribution in [-0.2, 0) is 30.7 Å². The first kappa shape index (κ1) is 31.0. The number of benzene rings is 6. The van der Waals surface area contributed by atoms with E-state index in [0.29, 0.717) is 0 Å². The van der Waals surface area contributed by atoms with E-state index in [9.17, 15) is 0 Å². The molecule has 0 amide bonds. The van der Waals surface area contributed by atoms with Crippen molar-refractivity contribution in [2.75, 3.05) is 0 Å². The molecule has 0 fully saturated rings. The molecular formula is C41H34Zr-4. The molecule has 0 bridgehead atoms. The van der Waals surface area contributed by atoms with Crippen molar-refractivity contribution in [1.29, 1.82) is 0 Å². The van der Waals surface area contributed by atoms with E-state index in [4.69, 9.17) is 0 Å². The van der Waals surface area contributed by atoms with Crippen LogP contribution in [0.2, 0.25) is 0 Å². The topological polar surface area (TPSA) is 0 Å². The number of hydrogen-bond donors (Lipinski definition) is 0. The second kappa shape index (κ2) is 16.5. The van der Waals surface area contributed by atoms with E-state index >= 15 is 0 Å². The Labute approximate surface area is 266 Å². The molecule has 1 heteroatoms. The van der Waals surface area contributed by atoms with Gasteiger partial charge in [0.25, 0.3) is 0 Å². The van der Waals surface area contributed by atoms with Crippen molar-refractivity contribution in [2.24, 2.45) is 0 Å². The predicted octanol–water partition coefficient (Wildman–Crippen LogP) is 10.2. The molecule has 0 spiro atoms. The van der Waals surface area contributed by atoms with Crippen LogP contribution < -0.4 is 0 Å². The van der Waals surface area contributed by atoms with Crippen molar-refractivity contribution in [3.05, 3.63) is 180 Å². The van der Waals surface area contributed by atoms with Gasteiger partial charge in [0, 0.05) is 0 Å². The third-order valence-electron chi connectivity index (χ3n) is 6.96. The van der Waals surface area contributed by atoms with Gasteiger partial charge >= 0.3 is 28.4 Å². The number of rotatable bonds is 0. The molecule has 0 aliphatic heterocycles. The molecule has 0 N–H and O–H groups in total. The molecule has 0 aromatic heterocycles. The van der Waals surface area contributed by atoms with Crippen LogP contribution in [0.5, 0.6) is 0 Å². The van der Waals surface area contributed by atoms with Crippen molar-refractivity contribution in [3.8, 4) is 11.1 Å². The Morgan fingerprint density at radius 3 is 1.79 bits per heavy atom. The minimum Gasteiger partial charge on any atom is -0.147 e. The Balaban J connectivity index is 0.000000158. The van der Waals surface area contributed by atoms with Gasteiger partial charge < -0.3 is 0 Å². The van der Waals surface area contributed by atoms with E-state index in [0.717, 1.165) is 12.8 Å². The van der Waals surface area contributed by atoms with Crippen molar-refractivity contribution in [2.45, 2.75) is 26.7 Å². The molecule has 0 nitrogen and oxygen atoms in total. The van der Waals surface area contributed by atoms with Crippen molar-refractivity contribution >= 4 is 25.8 Å². The Morgan fingerprint density at radius 2 is 1.24 bits per heavy atom. The fourth-order valence-electron chi connectivity index (χ4n) is 5.01. The van der Waals surface area contributed by atoms with Gasteiger partial charge in [0.1, 0.15) is 0 Å². The van der Waals surface area contributed by atoms with E-state index in [1.807, 2.05) is 66.7 Å². The Hall–Kier alpha value is -3.93. The average molecular weight is 618 g/mol. The summed E-state index contributed by atoms with van der Waals surface area (Å²) in [5.74, 6) is 0. The zero-order valence-electron chi connectivity index (χ0n) is 24.3. The fourth-order valence-corrected chi connectivity index (χ4v) is 5.01. The van der Waals surface area contributed by atoms with Gasteiger partial charge in [0.2, 0.25) is 0 Å². The van der Waals surface area contributed by atoms with Gasteiger partial charge in [-0.25, -0.2) is 12.2 Å². The maximum Gasteiger partial charge on any atom is -0.0240 e. The van der Waals surface area contributed by atoms with Crippen molar-refractivity contribution in [1.82, 2.24) is 0 Å². The fraction of sp³-hybridized carbons (Fsp3) is 0.0976. The monoisotopic (exact) mass is 616 g/mol. The van der Waals surface area contributed by atoms with Crippen LogP contribution >= 0.6 is 0 Å². The third-order valence-corrected chi connectivity index (χ3v) is 6.96. The Morgan fingerprint density at radius 1 is 0.643 bits per heavy atom. The number of fused-ring (bicyclic) bond motifs is 8. The van der Waals surface area contributed by atoms with Crippen LogP contribution in [0, 0.1) is 38.1 Å². The summed E-state index contributed by atoms with van der Waals surface area (Å²) < 4.78 is 3.34. The minimum absolute atomic E-state index is 1.01. The summed E-state index contributed by atoms with van der Waals surface area (Å²) in [5, 5.41) is 5.30. The maximum atomic E-state index is 3.48. The Kier molecular flexibility index (Phi) is 12.2. The second-order valence-corrected chi connectivity index (χ2v) is 9.85. The molecule has 0 saturated heterocycles. The van der Waals surface area contributed by atoms with E-state index in [2.05, 4.69) is 109 Å². The molecule has 206 valence electrons. The van der Waals surface area contributed by atoms with Crippen LogP contribution in [0.3, 0.4) is 0 Å². The molecular weight excluding hydrogens is 584 g/mol. The molecule has 6 aromatic rings. The molecule has 0 heterocycles. The van der Waals surface area contributed by atoms with E-state index in [1.165, 1.54) is 79.2 Å². The van der Waals surface area contributed by atoms with Crippen LogP contribution in [-0.4, -0.2) is 4.21 Å². The molecule has 0 saturated carbocycles. The average Bonchev–Trinajstić information content (AvgIpc) is 3.76. The van der Waals surface area contributed by atoms with E-state index in [1.54, 1.807) is 0 Å². The van der Waals surface area contributed by atoms with Gasteiger partial charge in [0.15, 0.2) is 0 Å². The molecule has 0 radical (unpaired) electrons. The summed E-state index contributed by atoms with van der Waals surface area (Å²) in [4.78, 5) is 0. The van der Waals surface area contributed by atoms with E-state index < -0.39 is 0 Å². The smallest absolute Gasteiger partial charge is 0.0240 e. The summed E-state index contributed by atoms with van der Waals surface area (Å²) >= 11 is 1.30. The molecule has 0 atom stereocenters. The summed E-state index contributed by atoms with van der Waals surface area (Å²) in [6, 6.07) is 49.0. The quantitative estimate of drug-likeness (QED) is 0.117.